The lowest BCUT2D eigenvalue weighted by Crippen LogP contribution is -1.92. The van der Waals surface area contributed by atoms with E-state index in [-0.39, 0.29) is 11.7 Å². The van der Waals surface area contributed by atoms with Gasteiger partial charge in [-0.1, -0.05) is 6.07 Å². The van der Waals surface area contributed by atoms with Crippen LogP contribution in [-0.2, 0) is 0 Å². The van der Waals surface area contributed by atoms with Crippen LogP contribution in [0.2, 0.25) is 0 Å². The van der Waals surface area contributed by atoms with Gasteiger partial charge < -0.3 is 5.11 Å². The Kier molecular flexibility index (Phi) is 2.35. The quantitative estimate of drug-likeness (QED) is 0.757. The number of aromatic hydroxyl groups is 1. The molecule has 0 unspecified atom stereocenters. The van der Waals surface area contributed by atoms with Gasteiger partial charge in [0.1, 0.15) is 5.82 Å². The van der Waals surface area contributed by atoms with Gasteiger partial charge in [-0.25, -0.2) is 4.39 Å². The highest BCUT2D eigenvalue weighted by atomic mass is 32.1. The molecule has 1 heterocycles. The average Bonchev–Trinajstić information content (AvgIpc) is 2.46. The van der Waals surface area contributed by atoms with E-state index >= 15 is 0 Å². The summed E-state index contributed by atoms with van der Waals surface area (Å²) in [6.07, 6.45) is 0. The van der Waals surface area contributed by atoms with E-state index in [1.54, 1.807) is 12.1 Å². The van der Waals surface area contributed by atoms with Crippen LogP contribution in [0.5, 0.6) is 5.88 Å². The molecule has 0 fully saturated rings. The summed E-state index contributed by atoms with van der Waals surface area (Å²) in [4.78, 5) is 0. The summed E-state index contributed by atoms with van der Waals surface area (Å²) in [6, 6.07) is 5.92. The smallest absolute Gasteiger partial charge is 0.207 e. The maximum absolute atomic E-state index is 12.9. The van der Waals surface area contributed by atoms with E-state index in [2.05, 4.69) is 0 Å². The Bertz CT molecular complexity index is 518. The minimum Gasteiger partial charge on any atom is -0.494 e. The van der Waals surface area contributed by atoms with Crippen molar-refractivity contribution in [3.8, 4) is 11.6 Å². The number of hydrogen-bond donors (Lipinski definition) is 1. The molecule has 5 heteroatoms. The van der Waals surface area contributed by atoms with E-state index in [0.29, 0.717) is 9.64 Å². The van der Waals surface area contributed by atoms with Crippen molar-refractivity contribution < 1.29 is 9.50 Å². The third kappa shape index (κ3) is 1.56. The highest BCUT2D eigenvalue weighted by molar-refractivity contribution is 7.73. The van der Waals surface area contributed by atoms with Gasteiger partial charge in [-0.05, 0) is 30.4 Å². The van der Waals surface area contributed by atoms with E-state index in [1.807, 2.05) is 0 Å². The molecule has 1 N–H and O–H groups in total. The van der Waals surface area contributed by atoms with Gasteiger partial charge in [-0.3, -0.25) is 4.57 Å². The standard InChI is InChI=1S/C9H6FNOS2/c10-6-2-1-3-7(4-6)11-8(12)5-14-9(11)13/h1-5,12H. The maximum Gasteiger partial charge on any atom is 0.207 e. The Morgan fingerprint density at radius 2 is 2.21 bits per heavy atom. The summed E-state index contributed by atoms with van der Waals surface area (Å²) in [7, 11) is 0. The molecule has 0 saturated carbocycles. The normalized spacial score (nSPS) is 10.4. The van der Waals surface area contributed by atoms with Crippen LogP contribution in [0.1, 0.15) is 0 Å². The van der Waals surface area contributed by atoms with Crippen molar-refractivity contribution in [2.75, 3.05) is 0 Å². The highest BCUT2D eigenvalue weighted by Crippen LogP contribution is 2.23. The third-order valence-electron chi connectivity index (χ3n) is 1.74. The number of nitrogens with zero attached hydrogens (tertiary/aromatic N) is 1. The molecule has 0 aliphatic rings. The lowest BCUT2D eigenvalue weighted by Gasteiger charge is -2.03. The van der Waals surface area contributed by atoms with Crippen LogP contribution in [-0.4, -0.2) is 9.67 Å². The van der Waals surface area contributed by atoms with Crippen LogP contribution >= 0.6 is 23.6 Å². The Hall–Kier alpha value is -1.20. The fraction of sp³-hybridized carbons (Fsp3) is 0. The fourth-order valence-electron chi connectivity index (χ4n) is 1.15. The van der Waals surface area contributed by atoms with Gasteiger partial charge in [0, 0.05) is 0 Å². The molecular formula is C9H6FNOS2. The molecule has 0 bridgehead atoms. The van der Waals surface area contributed by atoms with E-state index < -0.39 is 0 Å². The van der Waals surface area contributed by atoms with Crippen molar-refractivity contribution in [2.24, 2.45) is 0 Å². The zero-order chi connectivity index (χ0) is 10.1. The maximum atomic E-state index is 12.9. The van der Waals surface area contributed by atoms with Crippen LogP contribution in [0, 0.1) is 9.77 Å². The summed E-state index contributed by atoms with van der Waals surface area (Å²) in [5.74, 6) is -0.319. The summed E-state index contributed by atoms with van der Waals surface area (Å²) in [6.45, 7) is 0. The number of benzene rings is 1. The first-order chi connectivity index (χ1) is 6.68. The molecular weight excluding hydrogens is 221 g/mol. The monoisotopic (exact) mass is 227 g/mol. The zero-order valence-electron chi connectivity index (χ0n) is 6.98. The molecule has 1 aromatic carbocycles. The van der Waals surface area contributed by atoms with Crippen molar-refractivity contribution in [2.45, 2.75) is 0 Å². The molecule has 0 amide bonds. The summed E-state index contributed by atoms with van der Waals surface area (Å²) < 4.78 is 14.8. The van der Waals surface area contributed by atoms with Gasteiger partial charge in [0.25, 0.3) is 0 Å². The first-order valence-electron chi connectivity index (χ1n) is 3.84. The van der Waals surface area contributed by atoms with Crippen LogP contribution < -0.4 is 0 Å². The van der Waals surface area contributed by atoms with Crippen LogP contribution in [0.4, 0.5) is 4.39 Å². The number of hydrogen-bond acceptors (Lipinski definition) is 3. The molecule has 2 aromatic rings. The molecule has 72 valence electrons. The van der Waals surface area contributed by atoms with Crippen molar-refractivity contribution in [3.63, 3.8) is 0 Å². The zero-order valence-corrected chi connectivity index (χ0v) is 8.61. The van der Waals surface area contributed by atoms with Gasteiger partial charge in [0.2, 0.25) is 5.88 Å². The summed E-state index contributed by atoms with van der Waals surface area (Å²) >= 11 is 6.23. The van der Waals surface area contributed by atoms with Crippen molar-refractivity contribution >= 4 is 23.6 Å². The number of thiazole rings is 1. The summed E-state index contributed by atoms with van der Waals surface area (Å²) in [5.41, 5.74) is 0.536. The first kappa shape index (κ1) is 9.36. The topological polar surface area (TPSA) is 25.2 Å². The minimum atomic E-state index is -0.352. The van der Waals surface area contributed by atoms with E-state index in [9.17, 15) is 9.50 Å². The molecule has 2 nitrogen and oxygen atoms in total. The first-order valence-corrected chi connectivity index (χ1v) is 5.13. The van der Waals surface area contributed by atoms with Gasteiger partial charge in [-0.2, -0.15) is 0 Å². The second-order valence-electron chi connectivity index (χ2n) is 2.68. The predicted molar refractivity (Wildman–Crippen MR) is 56.1 cm³/mol. The third-order valence-corrected chi connectivity index (χ3v) is 2.93. The van der Waals surface area contributed by atoms with Gasteiger partial charge in [0.15, 0.2) is 3.95 Å². The Labute approximate surface area is 88.9 Å². The van der Waals surface area contributed by atoms with Gasteiger partial charge in [0.05, 0.1) is 11.1 Å². The largest absolute Gasteiger partial charge is 0.494 e. The van der Waals surface area contributed by atoms with Crippen molar-refractivity contribution in [1.29, 1.82) is 0 Å². The van der Waals surface area contributed by atoms with Gasteiger partial charge >= 0.3 is 0 Å². The van der Waals surface area contributed by atoms with Crippen LogP contribution in [0.25, 0.3) is 5.69 Å². The molecule has 2 rings (SSSR count). The Morgan fingerprint density at radius 1 is 1.43 bits per heavy atom. The van der Waals surface area contributed by atoms with E-state index in [4.69, 9.17) is 12.2 Å². The molecule has 0 atom stereocenters. The number of aromatic nitrogens is 1. The molecule has 1 aromatic heterocycles. The van der Waals surface area contributed by atoms with Crippen molar-refractivity contribution in [3.05, 3.63) is 39.4 Å². The number of halogens is 1. The molecule has 0 saturated heterocycles. The predicted octanol–water partition coefficient (Wildman–Crippen LogP) is 3.11. The van der Waals surface area contributed by atoms with E-state index in [1.165, 1.54) is 33.4 Å². The highest BCUT2D eigenvalue weighted by Gasteiger charge is 2.05. The molecule has 0 aliphatic heterocycles. The fourth-order valence-corrected chi connectivity index (χ4v) is 2.11. The SMILES string of the molecule is Oc1csc(=S)n1-c1cccc(F)c1. The Balaban J connectivity index is 2.66. The van der Waals surface area contributed by atoms with Crippen LogP contribution in [0.3, 0.4) is 0 Å². The summed E-state index contributed by atoms with van der Waals surface area (Å²) in [5, 5.41) is 11.0. The lowest BCUT2D eigenvalue weighted by molar-refractivity contribution is 0.442. The minimum absolute atomic E-state index is 0.0330. The van der Waals surface area contributed by atoms with E-state index in [0.717, 1.165) is 0 Å². The van der Waals surface area contributed by atoms with Gasteiger partial charge in [-0.15, -0.1) is 11.3 Å². The van der Waals surface area contributed by atoms with Crippen LogP contribution in [0.15, 0.2) is 29.6 Å². The Morgan fingerprint density at radius 3 is 2.79 bits per heavy atom. The second kappa shape index (κ2) is 3.51. The number of rotatable bonds is 1. The molecule has 0 radical (unpaired) electrons. The lowest BCUT2D eigenvalue weighted by atomic mass is 10.3. The van der Waals surface area contributed by atoms with Crippen molar-refractivity contribution in [1.82, 2.24) is 4.57 Å². The molecule has 14 heavy (non-hydrogen) atoms. The molecule has 0 spiro atoms. The molecule has 0 aliphatic carbocycles. The second-order valence-corrected chi connectivity index (χ2v) is 4.18. The average molecular weight is 227 g/mol.